The van der Waals surface area contributed by atoms with Crippen LogP contribution in [0.2, 0.25) is 0 Å². The molecule has 4 nitrogen and oxygen atoms in total. The third-order valence-electron chi connectivity index (χ3n) is 1.77. The predicted octanol–water partition coefficient (Wildman–Crippen LogP) is 2.20. The Labute approximate surface area is 95.4 Å². The largest absolute Gasteiger partial charge is 0.574 e. The van der Waals surface area contributed by atoms with E-state index in [0.717, 1.165) is 0 Å². The van der Waals surface area contributed by atoms with Crippen LogP contribution in [0.4, 0.5) is 26.3 Å². The Hall–Kier alpha value is -1.71. The fraction of sp³-hybridized carbons (Fsp3) is 0.375. The number of pyridine rings is 1. The van der Waals surface area contributed by atoms with E-state index in [9.17, 15) is 26.3 Å². The molecule has 0 aliphatic heterocycles. The molecule has 0 bridgehead atoms. The maximum atomic E-state index is 12.5. The fourth-order valence-corrected chi connectivity index (χ4v) is 1.18. The third-order valence-corrected chi connectivity index (χ3v) is 1.77. The van der Waals surface area contributed by atoms with Crippen molar-refractivity contribution in [2.75, 3.05) is 0 Å². The summed E-state index contributed by atoms with van der Waals surface area (Å²) in [5, 5.41) is 17.6. The van der Waals surface area contributed by atoms with Crippen LogP contribution in [0.15, 0.2) is 6.20 Å². The van der Waals surface area contributed by atoms with Crippen molar-refractivity contribution in [2.24, 2.45) is 0 Å². The number of hydrogen-bond acceptors (Lipinski definition) is 4. The minimum absolute atomic E-state index is 0.156. The Morgan fingerprint density at radius 3 is 2.11 bits per heavy atom. The summed E-state index contributed by atoms with van der Waals surface area (Å²) in [5.74, 6) is -2.86. The number of aromatic hydroxyl groups is 1. The monoisotopic (exact) mass is 277 g/mol. The Kier molecular flexibility index (Phi) is 3.60. The lowest BCUT2D eigenvalue weighted by atomic mass is 10.1. The molecule has 1 aromatic heterocycles. The molecule has 0 amide bonds. The smallest absolute Gasteiger partial charge is 0.506 e. The summed E-state index contributed by atoms with van der Waals surface area (Å²) >= 11 is 0. The number of halogens is 6. The van der Waals surface area contributed by atoms with Crippen LogP contribution in [0.1, 0.15) is 11.1 Å². The molecule has 18 heavy (non-hydrogen) atoms. The summed E-state index contributed by atoms with van der Waals surface area (Å²) in [6.07, 6.45) is -10.3. The average Bonchev–Trinajstić information content (AvgIpc) is 2.16. The van der Waals surface area contributed by atoms with Gasteiger partial charge in [0.15, 0.2) is 0 Å². The average molecular weight is 277 g/mol. The van der Waals surface area contributed by atoms with Crippen LogP contribution in [-0.4, -0.2) is 21.6 Å². The Bertz CT molecular complexity index is 442. The molecule has 0 spiro atoms. The third kappa shape index (κ3) is 3.15. The fourth-order valence-electron chi connectivity index (χ4n) is 1.18. The summed E-state index contributed by atoms with van der Waals surface area (Å²) < 4.78 is 76.3. The molecule has 0 radical (unpaired) electrons. The molecule has 1 aromatic rings. The number of hydrogen-bond donors (Lipinski definition) is 2. The van der Waals surface area contributed by atoms with Gasteiger partial charge in [-0.05, 0) is 0 Å². The van der Waals surface area contributed by atoms with E-state index in [0.29, 0.717) is 0 Å². The Morgan fingerprint density at radius 1 is 1.17 bits per heavy atom. The molecule has 0 atom stereocenters. The second kappa shape index (κ2) is 4.52. The van der Waals surface area contributed by atoms with E-state index in [-0.39, 0.29) is 6.20 Å². The lowest BCUT2D eigenvalue weighted by Crippen LogP contribution is -2.21. The molecule has 0 unspecified atom stereocenters. The summed E-state index contributed by atoms with van der Waals surface area (Å²) in [7, 11) is 0. The first-order chi connectivity index (χ1) is 8.06. The van der Waals surface area contributed by atoms with Crippen LogP contribution in [0.25, 0.3) is 0 Å². The van der Waals surface area contributed by atoms with E-state index in [1.165, 1.54) is 0 Å². The first-order valence-corrected chi connectivity index (χ1v) is 4.21. The molecule has 0 aliphatic rings. The molecule has 0 saturated carbocycles. The van der Waals surface area contributed by atoms with Gasteiger partial charge in [0.1, 0.15) is 11.3 Å². The summed E-state index contributed by atoms with van der Waals surface area (Å²) in [5.41, 5.74) is -3.11. The van der Waals surface area contributed by atoms with Crippen molar-refractivity contribution in [1.82, 2.24) is 4.98 Å². The molecule has 102 valence electrons. The van der Waals surface area contributed by atoms with Gasteiger partial charge in [-0.25, -0.2) is 4.98 Å². The van der Waals surface area contributed by atoms with Gasteiger partial charge in [0.05, 0.1) is 18.4 Å². The Balaban J connectivity index is 3.39. The van der Waals surface area contributed by atoms with Crippen LogP contribution >= 0.6 is 0 Å². The number of aliphatic hydroxyl groups excluding tert-OH is 1. The molecular weight excluding hydrogens is 272 g/mol. The number of nitrogens with zero attached hydrogens (tertiary/aromatic N) is 1. The minimum atomic E-state index is -5.27. The van der Waals surface area contributed by atoms with E-state index in [1.54, 1.807) is 0 Å². The number of alkyl halides is 6. The summed E-state index contributed by atoms with van der Waals surface area (Å²) in [4.78, 5) is 2.86. The molecule has 10 heteroatoms. The second-order valence-corrected chi connectivity index (χ2v) is 3.01. The van der Waals surface area contributed by atoms with E-state index in [1.807, 2.05) is 0 Å². The molecule has 0 fully saturated rings. The first-order valence-electron chi connectivity index (χ1n) is 4.21. The van der Waals surface area contributed by atoms with Crippen LogP contribution in [0, 0.1) is 0 Å². The van der Waals surface area contributed by atoms with Gasteiger partial charge in [-0.1, -0.05) is 0 Å². The second-order valence-electron chi connectivity index (χ2n) is 3.01. The Morgan fingerprint density at radius 2 is 1.72 bits per heavy atom. The first kappa shape index (κ1) is 14.4. The minimum Gasteiger partial charge on any atom is -0.506 e. The van der Waals surface area contributed by atoms with E-state index >= 15 is 0 Å². The van der Waals surface area contributed by atoms with Crippen LogP contribution in [0.5, 0.6) is 11.6 Å². The van der Waals surface area contributed by atoms with Crippen molar-refractivity contribution in [1.29, 1.82) is 0 Å². The van der Waals surface area contributed by atoms with Gasteiger partial charge < -0.3 is 14.9 Å². The lowest BCUT2D eigenvalue weighted by molar-refractivity contribution is -0.276. The SMILES string of the molecule is OCc1c(OC(F)(F)F)ncc(O)c1C(F)(F)F. The number of aromatic nitrogens is 1. The van der Waals surface area contributed by atoms with Crippen LogP contribution in [-0.2, 0) is 12.8 Å². The highest BCUT2D eigenvalue weighted by atomic mass is 19.4. The van der Waals surface area contributed by atoms with Gasteiger partial charge in [-0.15, -0.1) is 13.2 Å². The number of ether oxygens (including phenoxy) is 1. The number of rotatable bonds is 2. The van der Waals surface area contributed by atoms with Gasteiger partial charge in [0, 0.05) is 0 Å². The quantitative estimate of drug-likeness (QED) is 0.813. The maximum Gasteiger partial charge on any atom is 0.574 e. The standard InChI is InChI=1S/C8H5F6NO3/c9-7(10,11)5-3(2-16)6(15-1-4(5)17)18-8(12,13)14/h1,16-17H,2H2. The van der Waals surface area contributed by atoms with Gasteiger partial charge in [-0.2, -0.15) is 13.2 Å². The van der Waals surface area contributed by atoms with Gasteiger partial charge >= 0.3 is 12.5 Å². The predicted molar refractivity (Wildman–Crippen MR) is 43.5 cm³/mol. The normalized spacial score (nSPS) is 12.6. The van der Waals surface area contributed by atoms with Crippen molar-refractivity contribution in [3.63, 3.8) is 0 Å². The summed E-state index contributed by atoms with van der Waals surface area (Å²) in [6.45, 7) is -1.43. The van der Waals surface area contributed by atoms with Crippen molar-refractivity contribution in [3.8, 4) is 11.6 Å². The van der Waals surface area contributed by atoms with Gasteiger partial charge in [0.2, 0.25) is 5.88 Å². The molecule has 1 rings (SSSR count). The van der Waals surface area contributed by atoms with E-state index in [2.05, 4.69) is 9.72 Å². The van der Waals surface area contributed by atoms with Crippen molar-refractivity contribution in [2.45, 2.75) is 19.1 Å². The molecular formula is C8H5F6NO3. The van der Waals surface area contributed by atoms with Crippen molar-refractivity contribution < 1.29 is 41.3 Å². The van der Waals surface area contributed by atoms with Crippen molar-refractivity contribution >= 4 is 0 Å². The lowest BCUT2D eigenvalue weighted by Gasteiger charge is -2.16. The highest BCUT2D eigenvalue weighted by Gasteiger charge is 2.41. The van der Waals surface area contributed by atoms with Crippen molar-refractivity contribution in [3.05, 3.63) is 17.3 Å². The zero-order valence-electron chi connectivity index (χ0n) is 8.30. The van der Waals surface area contributed by atoms with E-state index < -0.39 is 41.9 Å². The number of aliphatic hydroxyl groups is 1. The maximum absolute atomic E-state index is 12.5. The molecule has 0 saturated heterocycles. The van der Waals surface area contributed by atoms with Gasteiger partial charge in [-0.3, -0.25) is 0 Å². The molecule has 2 N–H and O–H groups in total. The zero-order valence-corrected chi connectivity index (χ0v) is 8.30. The van der Waals surface area contributed by atoms with Crippen LogP contribution in [0.3, 0.4) is 0 Å². The highest BCUT2D eigenvalue weighted by molar-refractivity contribution is 5.44. The molecule has 0 aliphatic carbocycles. The van der Waals surface area contributed by atoms with Gasteiger partial charge in [0.25, 0.3) is 0 Å². The molecule has 1 heterocycles. The highest BCUT2D eigenvalue weighted by Crippen LogP contribution is 2.41. The topological polar surface area (TPSA) is 62.6 Å². The van der Waals surface area contributed by atoms with Crippen LogP contribution < -0.4 is 4.74 Å². The molecule has 0 aromatic carbocycles. The zero-order chi connectivity index (χ0) is 14.1. The summed E-state index contributed by atoms with van der Waals surface area (Å²) in [6, 6.07) is 0. The van der Waals surface area contributed by atoms with E-state index in [4.69, 9.17) is 10.2 Å².